The Labute approximate surface area is 143 Å². The standard InChI is InChI=1S/C14H16N2O6S2/c15-9-14(16,10-1-5-12(6-2-10)23-22-21-17)11-3-7-13(8-4-11)24(18,19)20/h1-8,17H,9,15-16H2,(H,18,19,20). The number of rotatable bonds is 7. The van der Waals surface area contributed by atoms with Gasteiger partial charge in [0.15, 0.2) is 0 Å². The van der Waals surface area contributed by atoms with Gasteiger partial charge in [-0.25, -0.2) is 5.26 Å². The number of hydrogen-bond acceptors (Lipinski definition) is 8. The van der Waals surface area contributed by atoms with Crippen LogP contribution in [0.2, 0.25) is 0 Å². The van der Waals surface area contributed by atoms with Crippen LogP contribution in [0.4, 0.5) is 0 Å². The molecule has 2 rings (SSSR count). The van der Waals surface area contributed by atoms with E-state index in [0.717, 1.165) is 12.0 Å². The summed E-state index contributed by atoms with van der Waals surface area (Å²) >= 11 is 0.809. The molecule has 0 amide bonds. The molecule has 0 aromatic heterocycles. The maximum Gasteiger partial charge on any atom is 0.294 e. The Bertz CT molecular complexity index is 780. The maximum absolute atomic E-state index is 11.1. The highest BCUT2D eigenvalue weighted by Crippen LogP contribution is 2.29. The Kier molecular flexibility index (Phi) is 5.96. The molecule has 130 valence electrons. The van der Waals surface area contributed by atoms with Crippen molar-refractivity contribution in [3.05, 3.63) is 59.7 Å². The summed E-state index contributed by atoms with van der Waals surface area (Å²) in [6, 6.07) is 12.4. The van der Waals surface area contributed by atoms with E-state index in [4.69, 9.17) is 21.3 Å². The fraction of sp³-hybridized carbons (Fsp3) is 0.143. The molecule has 0 heterocycles. The molecule has 2 aromatic rings. The Balaban J connectivity index is 2.33. The monoisotopic (exact) mass is 372 g/mol. The van der Waals surface area contributed by atoms with Gasteiger partial charge in [0.2, 0.25) is 0 Å². The third-order valence-electron chi connectivity index (χ3n) is 3.52. The van der Waals surface area contributed by atoms with Crippen molar-refractivity contribution < 1.29 is 27.6 Å². The van der Waals surface area contributed by atoms with E-state index in [2.05, 4.69) is 9.37 Å². The topological polar surface area (TPSA) is 145 Å². The van der Waals surface area contributed by atoms with Gasteiger partial charge in [0.25, 0.3) is 10.1 Å². The fourth-order valence-corrected chi connectivity index (χ4v) is 3.03. The van der Waals surface area contributed by atoms with Crippen molar-refractivity contribution in [2.45, 2.75) is 15.3 Å². The van der Waals surface area contributed by atoms with Crippen LogP contribution >= 0.6 is 12.0 Å². The molecule has 8 nitrogen and oxygen atoms in total. The quantitative estimate of drug-likeness (QED) is 0.246. The second-order valence-corrected chi connectivity index (χ2v) is 7.12. The van der Waals surface area contributed by atoms with E-state index in [0.29, 0.717) is 16.0 Å². The van der Waals surface area contributed by atoms with Crippen molar-refractivity contribution in [2.75, 3.05) is 6.54 Å². The first-order chi connectivity index (χ1) is 11.3. The largest absolute Gasteiger partial charge is 0.328 e. The summed E-state index contributed by atoms with van der Waals surface area (Å²) in [6.45, 7) is 0.0704. The number of hydrogen-bond donors (Lipinski definition) is 4. The lowest BCUT2D eigenvalue weighted by atomic mass is 9.84. The first kappa shape index (κ1) is 18.8. The van der Waals surface area contributed by atoms with Gasteiger partial charge in [-0.05, 0) is 35.4 Å². The normalized spacial score (nSPS) is 14.3. The minimum Gasteiger partial charge on any atom is -0.328 e. The first-order valence-corrected chi connectivity index (χ1v) is 8.81. The fourth-order valence-electron chi connectivity index (χ4n) is 2.19. The molecule has 10 heteroatoms. The molecule has 0 spiro atoms. The zero-order chi connectivity index (χ0) is 17.8. The second kappa shape index (κ2) is 7.59. The van der Waals surface area contributed by atoms with Crippen molar-refractivity contribution in [1.82, 2.24) is 0 Å². The van der Waals surface area contributed by atoms with Crippen LogP contribution in [0, 0.1) is 0 Å². The summed E-state index contributed by atoms with van der Waals surface area (Å²) in [5.41, 5.74) is 12.5. The van der Waals surface area contributed by atoms with Crippen molar-refractivity contribution in [2.24, 2.45) is 11.5 Å². The summed E-state index contributed by atoms with van der Waals surface area (Å²) in [5, 5.41) is 11.7. The van der Waals surface area contributed by atoms with Gasteiger partial charge >= 0.3 is 0 Å². The van der Waals surface area contributed by atoms with Crippen molar-refractivity contribution in [3.63, 3.8) is 0 Å². The molecular weight excluding hydrogens is 356 g/mol. The van der Waals surface area contributed by atoms with Gasteiger partial charge in [-0.2, -0.15) is 8.42 Å². The highest BCUT2D eigenvalue weighted by atomic mass is 32.2. The number of nitrogens with two attached hydrogens (primary N) is 2. The van der Waals surface area contributed by atoms with E-state index >= 15 is 0 Å². The van der Waals surface area contributed by atoms with Crippen LogP contribution in [0.15, 0.2) is 58.3 Å². The van der Waals surface area contributed by atoms with Crippen LogP contribution in [0.1, 0.15) is 11.1 Å². The molecule has 1 unspecified atom stereocenters. The molecule has 0 bridgehead atoms. The lowest BCUT2D eigenvalue weighted by molar-refractivity contribution is -0.432. The Morgan fingerprint density at radius 2 is 1.54 bits per heavy atom. The SMILES string of the molecule is NCC(N)(c1ccc(SOOO)cc1)c1ccc(S(=O)(=O)O)cc1. The summed E-state index contributed by atoms with van der Waals surface area (Å²) in [6.07, 6.45) is 0. The van der Waals surface area contributed by atoms with Crippen molar-refractivity contribution >= 4 is 22.2 Å². The Morgan fingerprint density at radius 1 is 1.04 bits per heavy atom. The molecule has 2 aromatic carbocycles. The molecule has 24 heavy (non-hydrogen) atoms. The Hall–Kier alpha value is -1.50. The molecule has 0 radical (unpaired) electrons. The number of benzene rings is 2. The van der Waals surface area contributed by atoms with Crippen molar-refractivity contribution in [3.8, 4) is 0 Å². The smallest absolute Gasteiger partial charge is 0.294 e. The van der Waals surface area contributed by atoms with Crippen LogP contribution < -0.4 is 11.5 Å². The van der Waals surface area contributed by atoms with E-state index in [9.17, 15) is 8.42 Å². The lowest BCUT2D eigenvalue weighted by Crippen LogP contribution is -2.45. The van der Waals surface area contributed by atoms with E-state index in [1.165, 1.54) is 24.3 Å². The van der Waals surface area contributed by atoms with Crippen LogP contribution in [0.5, 0.6) is 0 Å². The molecule has 0 fully saturated rings. The average Bonchev–Trinajstić information content (AvgIpc) is 2.59. The predicted octanol–water partition coefficient (Wildman–Crippen LogP) is 1.52. The molecule has 1 atom stereocenters. The molecule has 0 saturated heterocycles. The summed E-state index contributed by atoms with van der Waals surface area (Å²) in [5.74, 6) is 0. The summed E-state index contributed by atoms with van der Waals surface area (Å²) in [7, 11) is -4.27. The van der Waals surface area contributed by atoms with Gasteiger partial charge in [-0.15, -0.1) is 4.33 Å². The highest BCUT2D eigenvalue weighted by Gasteiger charge is 2.28. The van der Waals surface area contributed by atoms with Crippen LogP contribution in [-0.2, 0) is 25.0 Å². The molecule has 0 saturated carbocycles. The van der Waals surface area contributed by atoms with Gasteiger partial charge in [0, 0.05) is 11.4 Å². The van der Waals surface area contributed by atoms with Crippen LogP contribution in [0.25, 0.3) is 0 Å². The van der Waals surface area contributed by atoms with E-state index < -0.39 is 15.7 Å². The van der Waals surface area contributed by atoms with Crippen LogP contribution in [-0.4, -0.2) is 24.8 Å². The molecule has 0 aliphatic rings. The molecular formula is C14H16N2O6S2. The predicted molar refractivity (Wildman–Crippen MR) is 87.4 cm³/mol. The average molecular weight is 372 g/mol. The van der Waals surface area contributed by atoms with Gasteiger partial charge in [-0.3, -0.25) is 4.55 Å². The molecule has 0 aliphatic carbocycles. The second-order valence-electron chi connectivity index (χ2n) is 4.93. The van der Waals surface area contributed by atoms with Gasteiger partial charge in [-0.1, -0.05) is 29.3 Å². The van der Waals surface area contributed by atoms with Crippen molar-refractivity contribution in [1.29, 1.82) is 0 Å². The third-order valence-corrected chi connectivity index (χ3v) is 4.98. The minimum absolute atomic E-state index is 0.0704. The summed E-state index contributed by atoms with van der Waals surface area (Å²) < 4.78 is 35.6. The van der Waals surface area contributed by atoms with E-state index in [-0.39, 0.29) is 11.4 Å². The zero-order valence-corrected chi connectivity index (χ0v) is 14.0. The van der Waals surface area contributed by atoms with Crippen LogP contribution in [0.3, 0.4) is 0 Å². The minimum atomic E-state index is -4.27. The van der Waals surface area contributed by atoms with Gasteiger partial charge in [0.1, 0.15) is 0 Å². The van der Waals surface area contributed by atoms with E-state index in [1.54, 1.807) is 24.3 Å². The maximum atomic E-state index is 11.1. The van der Waals surface area contributed by atoms with Gasteiger partial charge < -0.3 is 11.5 Å². The zero-order valence-electron chi connectivity index (χ0n) is 12.3. The molecule has 0 aliphatic heterocycles. The Morgan fingerprint density at radius 3 is 1.96 bits per heavy atom. The first-order valence-electron chi connectivity index (χ1n) is 6.63. The molecule has 6 N–H and O–H groups in total. The van der Waals surface area contributed by atoms with Gasteiger partial charge in [0.05, 0.1) is 22.5 Å². The lowest BCUT2D eigenvalue weighted by Gasteiger charge is -2.29. The van der Waals surface area contributed by atoms with E-state index in [1.807, 2.05) is 0 Å². The highest BCUT2D eigenvalue weighted by molar-refractivity contribution is 7.94. The third kappa shape index (κ3) is 4.12. The summed E-state index contributed by atoms with van der Waals surface area (Å²) in [4.78, 5) is 0.437.